The quantitative estimate of drug-likeness (QED) is 0.421. The van der Waals surface area contributed by atoms with E-state index in [0.717, 1.165) is 0 Å². The molecule has 3 rings (SSSR count). The summed E-state index contributed by atoms with van der Waals surface area (Å²) in [6, 6.07) is 5.80. The van der Waals surface area contributed by atoms with Gasteiger partial charge in [0.25, 0.3) is 5.69 Å². The van der Waals surface area contributed by atoms with Gasteiger partial charge in [-0.1, -0.05) is 45.9 Å². The highest BCUT2D eigenvalue weighted by Gasteiger charge is 2.53. The Morgan fingerprint density at radius 1 is 0.800 bits per heavy atom. The lowest BCUT2D eigenvalue weighted by molar-refractivity contribution is -0.385. The van der Waals surface area contributed by atoms with Crippen molar-refractivity contribution in [1.82, 2.24) is 0 Å². The van der Waals surface area contributed by atoms with Crippen LogP contribution in [0.4, 0.5) is 5.69 Å². The van der Waals surface area contributed by atoms with Gasteiger partial charge in [-0.05, 0) is 10.8 Å². The van der Waals surface area contributed by atoms with Crippen LogP contribution < -0.4 is 0 Å². The molecule has 7 heteroatoms. The fourth-order valence-electron chi connectivity index (χ4n) is 5.10. The third-order valence-corrected chi connectivity index (χ3v) is 6.21. The third-order valence-electron chi connectivity index (χ3n) is 6.21. The highest BCUT2D eigenvalue weighted by atomic mass is 16.6. The molecule has 0 bridgehead atoms. The first-order valence-electron chi connectivity index (χ1n) is 10.2. The zero-order valence-corrected chi connectivity index (χ0v) is 17.8. The summed E-state index contributed by atoms with van der Waals surface area (Å²) >= 11 is 0. The predicted octanol–water partition coefficient (Wildman–Crippen LogP) is 3.83. The van der Waals surface area contributed by atoms with Crippen molar-refractivity contribution in [2.75, 3.05) is 0 Å². The number of rotatable bonds is 4. The molecule has 1 aromatic carbocycles. The number of hydrogen-bond acceptors (Lipinski definition) is 6. The fraction of sp³-hybridized carbons (Fsp3) is 0.565. The monoisotopic (exact) mass is 413 g/mol. The van der Waals surface area contributed by atoms with Crippen molar-refractivity contribution in [3.05, 3.63) is 39.9 Å². The fourth-order valence-corrected chi connectivity index (χ4v) is 5.10. The van der Waals surface area contributed by atoms with E-state index in [2.05, 4.69) is 0 Å². The Hall–Kier alpha value is -2.70. The summed E-state index contributed by atoms with van der Waals surface area (Å²) < 4.78 is 0. The molecule has 0 unspecified atom stereocenters. The minimum absolute atomic E-state index is 0.111. The molecule has 2 aliphatic carbocycles. The van der Waals surface area contributed by atoms with Crippen molar-refractivity contribution in [2.45, 2.75) is 59.3 Å². The summed E-state index contributed by atoms with van der Waals surface area (Å²) in [5.74, 6) is -5.01. The summed E-state index contributed by atoms with van der Waals surface area (Å²) in [7, 11) is 0. The topological polar surface area (TPSA) is 111 Å². The van der Waals surface area contributed by atoms with Crippen molar-refractivity contribution < 1.29 is 24.1 Å². The predicted molar refractivity (Wildman–Crippen MR) is 109 cm³/mol. The van der Waals surface area contributed by atoms with E-state index in [1.54, 1.807) is 6.07 Å². The first-order chi connectivity index (χ1) is 13.8. The average Bonchev–Trinajstić information content (AvgIpc) is 2.57. The number of ketones is 4. The SMILES string of the molecule is CC1(C)CC(=O)C(C(c2ccccc2[N+](=O)[O-])C2C(=O)CC(C)(C)CC2=O)C(=O)C1. The number of para-hydroxylation sites is 1. The van der Waals surface area contributed by atoms with Crippen LogP contribution in [0.25, 0.3) is 0 Å². The maximum absolute atomic E-state index is 13.1. The zero-order chi connectivity index (χ0) is 22.4. The molecule has 0 saturated heterocycles. The van der Waals surface area contributed by atoms with Crippen LogP contribution in [0.1, 0.15) is 64.9 Å². The van der Waals surface area contributed by atoms with Crippen molar-refractivity contribution >= 4 is 28.8 Å². The molecule has 2 fully saturated rings. The minimum atomic E-state index is -1.22. The first-order valence-corrected chi connectivity index (χ1v) is 10.2. The number of Topliss-reactive ketones (excluding diaryl/α,β-unsaturated/α-hetero) is 4. The average molecular weight is 413 g/mol. The second-order valence-corrected chi connectivity index (χ2v) is 10.2. The molecule has 1 aromatic rings. The van der Waals surface area contributed by atoms with E-state index in [-0.39, 0.29) is 60.1 Å². The first kappa shape index (κ1) is 22.0. The number of hydrogen-bond donors (Lipinski definition) is 0. The largest absolute Gasteiger partial charge is 0.299 e. The standard InChI is InChI=1S/C23H27NO6/c1-22(2)9-15(25)20(16(26)10-22)19(13-7-5-6-8-14(13)24(29)30)21-17(27)11-23(3,4)12-18(21)28/h5-8,19-21H,9-12H2,1-4H3. The van der Waals surface area contributed by atoms with Crippen LogP contribution in [0.3, 0.4) is 0 Å². The second-order valence-electron chi connectivity index (χ2n) is 10.2. The molecule has 7 nitrogen and oxygen atoms in total. The Bertz CT molecular complexity index is 857. The number of carbonyl (C=O) groups excluding carboxylic acids is 4. The molecule has 160 valence electrons. The molecule has 0 heterocycles. The second kappa shape index (κ2) is 7.52. The normalized spacial score (nSPS) is 22.6. The number of nitro groups is 1. The molecule has 0 N–H and O–H groups in total. The number of benzene rings is 1. The summed E-state index contributed by atoms with van der Waals surface area (Å²) in [5.41, 5.74) is -1.19. The van der Waals surface area contributed by atoms with Crippen LogP contribution in [0.15, 0.2) is 24.3 Å². The lowest BCUT2D eigenvalue weighted by Crippen LogP contribution is -2.48. The van der Waals surface area contributed by atoms with Crippen molar-refractivity contribution in [1.29, 1.82) is 0 Å². The van der Waals surface area contributed by atoms with Gasteiger partial charge in [0.1, 0.15) is 23.1 Å². The molecule has 0 amide bonds. The molecule has 30 heavy (non-hydrogen) atoms. The highest BCUT2D eigenvalue weighted by Crippen LogP contribution is 2.48. The van der Waals surface area contributed by atoms with E-state index in [1.165, 1.54) is 18.2 Å². The van der Waals surface area contributed by atoms with Crippen LogP contribution in [-0.2, 0) is 19.2 Å². The maximum Gasteiger partial charge on any atom is 0.272 e. The maximum atomic E-state index is 13.1. The molecule has 0 aromatic heterocycles. The van der Waals surface area contributed by atoms with Crippen molar-refractivity contribution in [3.8, 4) is 0 Å². The number of carbonyl (C=O) groups is 4. The number of nitrogens with zero attached hydrogens (tertiary/aromatic N) is 1. The lowest BCUT2D eigenvalue weighted by Gasteiger charge is -2.41. The van der Waals surface area contributed by atoms with E-state index in [0.29, 0.717) is 0 Å². The minimum Gasteiger partial charge on any atom is -0.299 e. The van der Waals surface area contributed by atoms with Crippen LogP contribution in [0.2, 0.25) is 0 Å². The summed E-state index contributed by atoms with van der Waals surface area (Å²) in [5, 5.41) is 11.7. The molecule has 0 aliphatic heterocycles. The molecule has 2 aliphatic rings. The Morgan fingerprint density at radius 2 is 1.17 bits per heavy atom. The highest BCUT2D eigenvalue weighted by molar-refractivity contribution is 6.11. The van der Waals surface area contributed by atoms with Crippen LogP contribution in [0, 0.1) is 32.8 Å². The summed E-state index contributed by atoms with van der Waals surface area (Å²) in [4.78, 5) is 63.4. The third kappa shape index (κ3) is 4.11. The Kier molecular flexibility index (Phi) is 5.52. The van der Waals surface area contributed by atoms with Crippen LogP contribution >= 0.6 is 0 Å². The van der Waals surface area contributed by atoms with Crippen molar-refractivity contribution in [2.24, 2.45) is 22.7 Å². The van der Waals surface area contributed by atoms with Gasteiger partial charge in [0.2, 0.25) is 0 Å². The Balaban J connectivity index is 2.18. The smallest absolute Gasteiger partial charge is 0.272 e. The van der Waals surface area contributed by atoms with Gasteiger partial charge >= 0.3 is 0 Å². The van der Waals surface area contributed by atoms with Gasteiger partial charge < -0.3 is 0 Å². The van der Waals surface area contributed by atoms with Gasteiger partial charge in [-0.25, -0.2) is 0 Å². The van der Waals surface area contributed by atoms with Gasteiger partial charge in [0.05, 0.1) is 16.8 Å². The molecule has 0 atom stereocenters. The van der Waals surface area contributed by atoms with E-state index in [1.807, 2.05) is 27.7 Å². The van der Waals surface area contributed by atoms with E-state index in [4.69, 9.17) is 0 Å². The van der Waals surface area contributed by atoms with E-state index < -0.39 is 33.5 Å². The van der Waals surface area contributed by atoms with Gasteiger partial charge in [-0.2, -0.15) is 0 Å². The Labute approximate surface area is 175 Å². The summed E-state index contributed by atoms with van der Waals surface area (Å²) in [6.45, 7) is 7.27. The Morgan fingerprint density at radius 3 is 1.53 bits per heavy atom. The van der Waals surface area contributed by atoms with Gasteiger partial charge in [-0.3, -0.25) is 29.3 Å². The molecule has 0 spiro atoms. The van der Waals surface area contributed by atoms with Gasteiger partial charge in [0, 0.05) is 43.2 Å². The van der Waals surface area contributed by atoms with Crippen molar-refractivity contribution in [3.63, 3.8) is 0 Å². The van der Waals surface area contributed by atoms with Gasteiger partial charge in [0.15, 0.2) is 0 Å². The molecule has 0 radical (unpaired) electrons. The van der Waals surface area contributed by atoms with E-state index in [9.17, 15) is 29.3 Å². The molecular weight excluding hydrogens is 386 g/mol. The zero-order valence-electron chi connectivity index (χ0n) is 17.8. The summed E-state index contributed by atoms with van der Waals surface area (Å²) in [6.07, 6.45) is 0.504. The lowest BCUT2D eigenvalue weighted by atomic mass is 9.59. The molecular formula is C23H27NO6. The number of nitro benzene ring substituents is 1. The van der Waals surface area contributed by atoms with E-state index >= 15 is 0 Å². The molecule has 2 saturated carbocycles. The van der Waals surface area contributed by atoms with Crippen LogP contribution in [0.5, 0.6) is 0 Å². The van der Waals surface area contributed by atoms with Crippen LogP contribution in [-0.4, -0.2) is 28.1 Å². The van der Waals surface area contributed by atoms with Gasteiger partial charge in [-0.15, -0.1) is 0 Å².